The SMILES string of the molecule is COC(=O)c1cccn2c(C3CCN(C(C)C)C3)nnc12. The van der Waals surface area contributed by atoms with Gasteiger partial charge in [-0.05, 0) is 38.9 Å². The Hall–Kier alpha value is -1.95. The Kier molecular flexibility index (Phi) is 3.63. The smallest absolute Gasteiger partial charge is 0.341 e. The van der Waals surface area contributed by atoms with Crippen molar-refractivity contribution in [1.29, 1.82) is 0 Å². The molecule has 0 bridgehead atoms. The quantitative estimate of drug-likeness (QED) is 0.805. The van der Waals surface area contributed by atoms with Crippen LogP contribution in [0.4, 0.5) is 0 Å². The van der Waals surface area contributed by atoms with Gasteiger partial charge in [0.25, 0.3) is 0 Å². The third kappa shape index (κ3) is 2.40. The zero-order valence-corrected chi connectivity index (χ0v) is 12.6. The molecule has 6 nitrogen and oxygen atoms in total. The maximum atomic E-state index is 11.8. The minimum absolute atomic E-state index is 0.357. The van der Waals surface area contributed by atoms with Crippen LogP contribution in [0.25, 0.3) is 5.65 Å². The summed E-state index contributed by atoms with van der Waals surface area (Å²) in [6.07, 6.45) is 2.98. The summed E-state index contributed by atoms with van der Waals surface area (Å²) in [5.41, 5.74) is 1.03. The summed E-state index contributed by atoms with van der Waals surface area (Å²) < 4.78 is 6.72. The third-order valence-electron chi connectivity index (χ3n) is 4.18. The van der Waals surface area contributed by atoms with Crippen molar-refractivity contribution in [2.45, 2.75) is 32.2 Å². The van der Waals surface area contributed by atoms with Crippen LogP contribution in [0.2, 0.25) is 0 Å². The van der Waals surface area contributed by atoms with E-state index in [2.05, 4.69) is 28.9 Å². The first-order valence-electron chi connectivity index (χ1n) is 7.27. The average molecular weight is 288 g/mol. The molecule has 0 aliphatic carbocycles. The van der Waals surface area contributed by atoms with Crippen LogP contribution in [0.1, 0.15) is 42.4 Å². The number of aromatic nitrogens is 3. The monoisotopic (exact) mass is 288 g/mol. The summed E-state index contributed by atoms with van der Waals surface area (Å²) in [6, 6.07) is 4.09. The van der Waals surface area contributed by atoms with Crippen LogP contribution >= 0.6 is 0 Å². The Morgan fingerprint density at radius 2 is 2.24 bits per heavy atom. The predicted molar refractivity (Wildman–Crippen MR) is 78.4 cm³/mol. The standard InChI is InChI=1S/C15H20N4O2/c1-10(2)18-8-6-11(9-18)13-16-17-14-12(15(20)21-3)5-4-7-19(13)14/h4-5,7,10-11H,6,8-9H2,1-3H3. The average Bonchev–Trinajstić information content (AvgIpc) is 3.12. The fraction of sp³-hybridized carbons (Fsp3) is 0.533. The molecule has 6 heteroatoms. The highest BCUT2D eigenvalue weighted by atomic mass is 16.5. The number of hydrogen-bond acceptors (Lipinski definition) is 5. The number of likely N-dealkylation sites (tertiary alicyclic amines) is 1. The molecule has 1 fully saturated rings. The Morgan fingerprint density at radius 1 is 1.43 bits per heavy atom. The lowest BCUT2D eigenvalue weighted by molar-refractivity contribution is 0.0602. The van der Waals surface area contributed by atoms with Crippen molar-refractivity contribution in [1.82, 2.24) is 19.5 Å². The van der Waals surface area contributed by atoms with Gasteiger partial charge in [0, 0.05) is 24.7 Å². The first kappa shape index (κ1) is 14.0. The van der Waals surface area contributed by atoms with Crippen molar-refractivity contribution in [3.63, 3.8) is 0 Å². The van der Waals surface area contributed by atoms with E-state index in [4.69, 9.17) is 4.74 Å². The van der Waals surface area contributed by atoms with Crippen LogP contribution in [0, 0.1) is 0 Å². The van der Waals surface area contributed by atoms with Crippen molar-refractivity contribution < 1.29 is 9.53 Å². The number of rotatable bonds is 3. The molecule has 2 aromatic heterocycles. The second-order valence-electron chi connectivity index (χ2n) is 5.74. The van der Waals surface area contributed by atoms with Gasteiger partial charge in [-0.1, -0.05) is 0 Å². The van der Waals surface area contributed by atoms with Crippen LogP contribution in [0.15, 0.2) is 18.3 Å². The van der Waals surface area contributed by atoms with Crippen molar-refractivity contribution >= 4 is 11.6 Å². The molecule has 0 radical (unpaired) electrons. The molecule has 0 spiro atoms. The highest BCUT2D eigenvalue weighted by molar-refractivity contribution is 5.95. The van der Waals surface area contributed by atoms with Crippen LogP contribution in [0.5, 0.6) is 0 Å². The van der Waals surface area contributed by atoms with E-state index >= 15 is 0 Å². The largest absolute Gasteiger partial charge is 0.465 e. The van der Waals surface area contributed by atoms with Crippen molar-refractivity contribution in [3.8, 4) is 0 Å². The van der Waals surface area contributed by atoms with Crippen molar-refractivity contribution in [3.05, 3.63) is 29.7 Å². The number of carbonyl (C=O) groups excluding carboxylic acids is 1. The maximum Gasteiger partial charge on any atom is 0.341 e. The Morgan fingerprint density at radius 3 is 2.90 bits per heavy atom. The normalized spacial score (nSPS) is 19.5. The number of fused-ring (bicyclic) bond motifs is 1. The lowest BCUT2D eigenvalue weighted by atomic mass is 10.1. The number of esters is 1. The summed E-state index contributed by atoms with van der Waals surface area (Å²) in [5, 5.41) is 8.52. The van der Waals surface area contributed by atoms with Gasteiger partial charge in [0.15, 0.2) is 5.65 Å². The summed E-state index contributed by atoms with van der Waals surface area (Å²) in [5.74, 6) is 0.906. The molecule has 1 aliphatic rings. The lowest BCUT2D eigenvalue weighted by Crippen LogP contribution is -2.28. The second-order valence-corrected chi connectivity index (χ2v) is 5.74. The summed E-state index contributed by atoms with van der Waals surface area (Å²) in [6.45, 7) is 6.48. The van der Waals surface area contributed by atoms with Gasteiger partial charge >= 0.3 is 5.97 Å². The van der Waals surface area contributed by atoms with E-state index < -0.39 is 0 Å². The molecule has 3 heterocycles. The second kappa shape index (κ2) is 5.44. The molecule has 1 saturated heterocycles. The molecule has 21 heavy (non-hydrogen) atoms. The van der Waals surface area contributed by atoms with Gasteiger partial charge < -0.3 is 9.64 Å². The number of pyridine rings is 1. The highest BCUT2D eigenvalue weighted by Crippen LogP contribution is 2.28. The highest BCUT2D eigenvalue weighted by Gasteiger charge is 2.29. The van der Waals surface area contributed by atoms with Gasteiger partial charge in [-0.3, -0.25) is 4.40 Å². The number of ether oxygens (including phenoxy) is 1. The minimum atomic E-state index is -0.380. The minimum Gasteiger partial charge on any atom is -0.465 e. The van der Waals surface area contributed by atoms with E-state index in [9.17, 15) is 4.79 Å². The van der Waals surface area contributed by atoms with E-state index in [1.54, 1.807) is 6.07 Å². The third-order valence-corrected chi connectivity index (χ3v) is 4.18. The van der Waals surface area contributed by atoms with Crippen LogP contribution in [0.3, 0.4) is 0 Å². The van der Waals surface area contributed by atoms with Gasteiger partial charge in [-0.25, -0.2) is 4.79 Å². The summed E-state index contributed by atoms with van der Waals surface area (Å²) in [4.78, 5) is 14.2. The van der Waals surface area contributed by atoms with E-state index in [0.717, 1.165) is 25.3 Å². The van der Waals surface area contributed by atoms with E-state index in [-0.39, 0.29) is 5.97 Å². The molecule has 3 rings (SSSR count). The van der Waals surface area contributed by atoms with Crippen molar-refractivity contribution in [2.75, 3.05) is 20.2 Å². The zero-order valence-electron chi connectivity index (χ0n) is 12.6. The number of methoxy groups -OCH3 is 1. The van der Waals surface area contributed by atoms with Crippen LogP contribution < -0.4 is 0 Å². The molecule has 1 atom stereocenters. The maximum absolute atomic E-state index is 11.8. The number of hydrogen-bond donors (Lipinski definition) is 0. The molecule has 2 aromatic rings. The molecule has 112 valence electrons. The van der Waals surface area contributed by atoms with E-state index in [1.165, 1.54) is 7.11 Å². The van der Waals surface area contributed by atoms with Gasteiger partial charge in [0.05, 0.1) is 7.11 Å². The molecule has 0 saturated carbocycles. The first-order chi connectivity index (χ1) is 10.1. The summed E-state index contributed by atoms with van der Waals surface area (Å²) in [7, 11) is 1.38. The number of nitrogens with zero attached hydrogens (tertiary/aromatic N) is 4. The Labute approximate surface area is 123 Å². The molecule has 0 N–H and O–H groups in total. The van der Waals surface area contributed by atoms with Gasteiger partial charge in [0.1, 0.15) is 11.4 Å². The topological polar surface area (TPSA) is 59.7 Å². The molecular formula is C15H20N4O2. The molecule has 0 aromatic carbocycles. The van der Waals surface area contributed by atoms with E-state index in [0.29, 0.717) is 23.2 Å². The molecular weight excluding hydrogens is 268 g/mol. The molecule has 1 unspecified atom stereocenters. The fourth-order valence-electron chi connectivity index (χ4n) is 2.95. The Bertz CT molecular complexity index is 665. The predicted octanol–water partition coefficient (Wildman–Crippen LogP) is 1.71. The zero-order chi connectivity index (χ0) is 15.0. The van der Waals surface area contributed by atoms with Gasteiger partial charge in [-0.15, -0.1) is 10.2 Å². The fourth-order valence-corrected chi connectivity index (χ4v) is 2.95. The van der Waals surface area contributed by atoms with E-state index in [1.807, 2.05) is 16.7 Å². The summed E-state index contributed by atoms with van der Waals surface area (Å²) >= 11 is 0. The van der Waals surface area contributed by atoms with Crippen molar-refractivity contribution in [2.24, 2.45) is 0 Å². The molecule has 0 amide bonds. The van der Waals surface area contributed by atoms with Crippen LogP contribution in [-0.4, -0.2) is 51.7 Å². The Balaban J connectivity index is 1.96. The van der Waals surface area contributed by atoms with Gasteiger partial charge in [0.2, 0.25) is 0 Å². The van der Waals surface area contributed by atoms with Gasteiger partial charge in [-0.2, -0.15) is 0 Å². The molecule has 1 aliphatic heterocycles. The lowest BCUT2D eigenvalue weighted by Gasteiger charge is -2.19. The number of carbonyl (C=O) groups is 1. The first-order valence-corrected chi connectivity index (χ1v) is 7.27. The van der Waals surface area contributed by atoms with Crippen LogP contribution in [-0.2, 0) is 4.74 Å².